The summed E-state index contributed by atoms with van der Waals surface area (Å²) in [7, 11) is -0.680. The van der Waals surface area contributed by atoms with Gasteiger partial charge in [-0.25, -0.2) is 12.7 Å². The summed E-state index contributed by atoms with van der Waals surface area (Å²) in [5.41, 5.74) is 3.00. The first-order valence-corrected chi connectivity index (χ1v) is 9.73. The largest absolute Gasteiger partial charge is 0.343 e. The number of carbonyl (C=O) groups is 2. The maximum Gasteiger partial charge on any atom is 0.251 e. The number of carbonyl (C=O) groups excluding carboxylic acids is 2. The molecule has 0 saturated carbocycles. The van der Waals surface area contributed by atoms with Crippen molar-refractivity contribution in [2.24, 2.45) is 0 Å². The van der Waals surface area contributed by atoms with Gasteiger partial charge < -0.3 is 10.6 Å². The molecule has 2 aromatic carbocycles. The SMILES string of the molecule is Cc1ccc(NC(=O)CNC(=O)c2ccc(S(=O)(=O)N(C)C)cc2)c(C)c1. The predicted molar refractivity (Wildman–Crippen MR) is 104 cm³/mol. The third-order valence-corrected chi connectivity index (χ3v) is 5.79. The Morgan fingerprint density at radius 2 is 1.63 bits per heavy atom. The van der Waals surface area contributed by atoms with Crippen molar-refractivity contribution in [3.63, 3.8) is 0 Å². The molecule has 0 saturated heterocycles. The summed E-state index contributed by atoms with van der Waals surface area (Å²) in [6.45, 7) is 3.67. The van der Waals surface area contributed by atoms with Crippen molar-refractivity contribution in [2.45, 2.75) is 18.7 Å². The fraction of sp³-hybridized carbons (Fsp3) is 0.263. The van der Waals surface area contributed by atoms with E-state index in [-0.39, 0.29) is 22.9 Å². The Morgan fingerprint density at radius 1 is 1.00 bits per heavy atom. The maximum absolute atomic E-state index is 12.2. The standard InChI is InChI=1S/C19H23N3O4S/c1-13-5-10-17(14(2)11-13)21-18(23)12-20-19(24)15-6-8-16(9-7-15)27(25,26)22(3)4/h5-11H,12H2,1-4H3,(H,20,24)(H,21,23). The van der Waals surface area contributed by atoms with E-state index in [0.29, 0.717) is 5.69 Å². The van der Waals surface area contributed by atoms with Crippen molar-refractivity contribution >= 4 is 27.5 Å². The zero-order chi connectivity index (χ0) is 20.2. The van der Waals surface area contributed by atoms with E-state index in [2.05, 4.69) is 10.6 Å². The van der Waals surface area contributed by atoms with Crippen molar-refractivity contribution in [1.29, 1.82) is 0 Å². The summed E-state index contributed by atoms with van der Waals surface area (Å²) in [5, 5.41) is 5.27. The quantitative estimate of drug-likeness (QED) is 0.789. The minimum absolute atomic E-state index is 0.0941. The van der Waals surface area contributed by atoms with Crippen LogP contribution in [0.1, 0.15) is 21.5 Å². The van der Waals surface area contributed by atoms with Crippen molar-refractivity contribution in [3.8, 4) is 0 Å². The van der Waals surface area contributed by atoms with Crippen LogP contribution in [0.4, 0.5) is 5.69 Å². The minimum Gasteiger partial charge on any atom is -0.343 e. The molecular weight excluding hydrogens is 366 g/mol. The van der Waals surface area contributed by atoms with Gasteiger partial charge in [-0.1, -0.05) is 17.7 Å². The predicted octanol–water partition coefficient (Wildman–Crippen LogP) is 1.92. The Balaban J connectivity index is 1.96. The number of aryl methyl sites for hydroxylation is 2. The van der Waals surface area contributed by atoms with Crippen LogP contribution in [0.5, 0.6) is 0 Å². The second-order valence-corrected chi connectivity index (χ2v) is 8.51. The van der Waals surface area contributed by atoms with Gasteiger partial charge in [-0.15, -0.1) is 0 Å². The van der Waals surface area contributed by atoms with Crippen molar-refractivity contribution in [3.05, 3.63) is 59.2 Å². The highest BCUT2D eigenvalue weighted by Crippen LogP contribution is 2.16. The molecule has 7 nitrogen and oxygen atoms in total. The molecular formula is C19H23N3O4S. The number of nitrogens with zero attached hydrogens (tertiary/aromatic N) is 1. The topological polar surface area (TPSA) is 95.6 Å². The normalized spacial score (nSPS) is 11.3. The van der Waals surface area contributed by atoms with Crippen molar-refractivity contribution in [1.82, 2.24) is 9.62 Å². The van der Waals surface area contributed by atoms with E-state index < -0.39 is 15.9 Å². The molecule has 0 fully saturated rings. The summed E-state index contributed by atoms with van der Waals surface area (Å²) in [5.74, 6) is -0.804. The summed E-state index contributed by atoms with van der Waals surface area (Å²) in [4.78, 5) is 24.3. The smallest absolute Gasteiger partial charge is 0.251 e. The van der Waals surface area contributed by atoms with Gasteiger partial charge in [0, 0.05) is 25.3 Å². The van der Waals surface area contributed by atoms with Gasteiger partial charge in [-0.3, -0.25) is 9.59 Å². The van der Waals surface area contributed by atoms with E-state index in [1.165, 1.54) is 38.4 Å². The average Bonchev–Trinajstić information content (AvgIpc) is 2.62. The van der Waals surface area contributed by atoms with Gasteiger partial charge in [0.1, 0.15) is 0 Å². The molecule has 0 radical (unpaired) electrons. The van der Waals surface area contributed by atoms with Crippen LogP contribution in [0, 0.1) is 13.8 Å². The van der Waals surface area contributed by atoms with Gasteiger partial charge in [0.2, 0.25) is 15.9 Å². The number of anilines is 1. The van der Waals surface area contributed by atoms with Gasteiger partial charge in [0.15, 0.2) is 0 Å². The monoisotopic (exact) mass is 389 g/mol. The zero-order valence-electron chi connectivity index (χ0n) is 15.7. The van der Waals surface area contributed by atoms with Crippen LogP contribution in [0.25, 0.3) is 0 Å². The van der Waals surface area contributed by atoms with Gasteiger partial charge in [-0.05, 0) is 49.7 Å². The Bertz CT molecular complexity index is 951. The van der Waals surface area contributed by atoms with Crippen molar-refractivity contribution < 1.29 is 18.0 Å². The summed E-state index contributed by atoms with van der Waals surface area (Å²) < 4.78 is 25.1. The van der Waals surface area contributed by atoms with Crippen LogP contribution in [0.15, 0.2) is 47.4 Å². The van der Waals surface area contributed by atoms with Crippen LogP contribution in [0.2, 0.25) is 0 Å². The van der Waals surface area contributed by atoms with E-state index in [0.717, 1.165) is 15.4 Å². The van der Waals surface area contributed by atoms with Crippen LogP contribution in [-0.2, 0) is 14.8 Å². The number of rotatable bonds is 6. The molecule has 0 aliphatic carbocycles. The Hall–Kier alpha value is -2.71. The lowest BCUT2D eigenvalue weighted by Crippen LogP contribution is -2.33. The van der Waals surface area contributed by atoms with E-state index in [9.17, 15) is 18.0 Å². The first-order valence-electron chi connectivity index (χ1n) is 8.29. The maximum atomic E-state index is 12.2. The highest BCUT2D eigenvalue weighted by molar-refractivity contribution is 7.89. The molecule has 0 aromatic heterocycles. The molecule has 0 bridgehead atoms. The number of hydrogen-bond acceptors (Lipinski definition) is 4. The fourth-order valence-electron chi connectivity index (χ4n) is 2.40. The molecule has 0 aliphatic heterocycles. The first kappa shape index (κ1) is 20.6. The molecule has 2 rings (SSSR count). The molecule has 144 valence electrons. The number of hydrogen-bond donors (Lipinski definition) is 2. The van der Waals surface area contributed by atoms with Gasteiger partial charge in [-0.2, -0.15) is 0 Å². The van der Waals surface area contributed by atoms with E-state index >= 15 is 0 Å². The zero-order valence-corrected chi connectivity index (χ0v) is 16.6. The summed E-state index contributed by atoms with van der Waals surface area (Å²) in [6.07, 6.45) is 0. The Kier molecular flexibility index (Phi) is 6.35. The number of benzene rings is 2. The Labute approximate surface area is 159 Å². The molecule has 27 heavy (non-hydrogen) atoms. The average molecular weight is 389 g/mol. The number of nitrogens with one attached hydrogen (secondary N) is 2. The molecule has 2 amide bonds. The van der Waals surface area contributed by atoms with E-state index in [4.69, 9.17) is 0 Å². The lowest BCUT2D eigenvalue weighted by molar-refractivity contribution is -0.115. The summed E-state index contributed by atoms with van der Waals surface area (Å²) in [6, 6.07) is 11.2. The third-order valence-electron chi connectivity index (χ3n) is 3.96. The number of amides is 2. The second kappa shape index (κ2) is 8.32. The minimum atomic E-state index is -3.55. The molecule has 0 aliphatic rings. The third kappa shape index (κ3) is 5.15. The fourth-order valence-corrected chi connectivity index (χ4v) is 3.30. The molecule has 8 heteroatoms. The molecule has 2 N–H and O–H groups in total. The lowest BCUT2D eigenvalue weighted by atomic mass is 10.1. The van der Waals surface area contributed by atoms with Gasteiger partial charge in [0.05, 0.1) is 11.4 Å². The van der Waals surface area contributed by atoms with Gasteiger partial charge in [0.25, 0.3) is 5.91 Å². The lowest BCUT2D eigenvalue weighted by Gasteiger charge is -2.12. The van der Waals surface area contributed by atoms with Crippen molar-refractivity contribution in [2.75, 3.05) is 26.0 Å². The van der Waals surface area contributed by atoms with Crippen LogP contribution in [-0.4, -0.2) is 45.2 Å². The van der Waals surface area contributed by atoms with Gasteiger partial charge >= 0.3 is 0 Å². The molecule has 0 spiro atoms. The van der Waals surface area contributed by atoms with Crippen LogP contribution >= 0.6 is 0 Å². The van der Waals surface area contributed by atoms with Crippen LogP contribution < -0.4 is 10.6 Å². The van der Waals surface area contributed by atoms with Crippen LogP contribution in [0.3, 0.4) is 0 Å². The Morgan fingerprint density at radius 3 is 2.19 bits per heavy atom. The second-order valence-electron chi connectivity index (χ2n) is 6.36. The molecule has 0 atom stereocenters. The van der Waals surface area contributed by atoms with E-state index in [1.807, 2.05) is 32.0 Å². The molecule has 2 aromatic rings. The summed E-state index contributed by atoms with van der Waals surface area (Å²) >= 11 is 0. The molecule has 0 heterocycles. The highest BCUT2D eigenvalue weighted by Gasteiger charge is 2.17. The molecule has 0 unspecified atom stereocenters. The highest BCUT2D eigenvalue weighted by atomic mass is 32.2. The first-order chi connectivity index (χ1) is 12.6. The van der Waals surface area contributed by atoms with E-state index in [1.54, 1.807) is 0 Å². The number of sulfonamides is 1.